The summed E-state index contributed by atoms with van der Waals surface area (Å²) in [6.07, 6.45) is 0.299. The van der Waals surface area contributed by atoms with Gasteiger partial charge in [-0.2, -0.15) is 13.2 Å². The highest BCUT2D eigenvalue weighted by Crippen LogP contribution is 2.40. The van der Waals surface area contributed by atoms with Crippen LogP contribution in [0.15, 0.2) is 12.1 Å². The first kappa shape index (κ1) is 20.8. The monoisotopic (exact) mass is 441 g/mol. The van der Waals surface area contributed by atoms with E-state index in [-0.39, 0.29) is 11.5 Å². The van der Waals surface area contributed by atoms with Gasteiger partial charge in [-0.05, 0) is 45.6 Å². The maximum atomic E-state index is 14.0. The molecule has 0 radical (unpaired) electrons. The zero-order valence-electron chi connectivity index (χ0n) is 14.6. The van der Waals surface area contributed by atoms with Crippen molar-refractivity contribution in [2.45, 2.75) is 50.1 Å². The first-order valence-electron chi connectivity index (χ1n) is 8.09. The van der Waals surface area contributed by atoms with E-state index in [9.17, 15) is 22.4 Å². The molecule has 4 nitrogen and oxygen atoms in total. The number of ether oxygens (including phenoxy) is 2. The van der Waals surface area contributed by atoms with Crippen LogP contribution in [0.1, 0.15) is 45.1 Å². The second kappa shape index (κ2) is 7.62. The molecule has 0 bridgehead atoms. The molecule has 146 valence electrons. The Labute approximate surface area is 157 Å². The Kier molecular flexibility index (Phi) is 6.09. The van der Waals surface area contributed by atoms with E-state index >= 15 is 0 Å². The molecular weight excluding hydrogens is 422 g/mol. The Bertz CT molecular complexity index is 665. The third-order valence-electron chi connectivity index (χ3n) is 3.88. The number of nitrogens with zero attached hydrogens (tertiary/aromatic N) is 1. The number of carbonyl (C=O) groups is 1. The Balaban J connectivity index is 2.14. The summed E-state index contributed by atoms with van der Waals surface area (Å²) < 4.78 is 63.3. The van der Waals surface area contributed by atoms with Gasteiger partial charge in [-0.3, -0.25) is 0 Å². The Hall–Kier alpha value is -1.51. The predicted molar refractivity (Wildman–Crippen MR) is 90.6 cm³/mol. The zero-order valence-corrected chi connectivity index (χ0v) is 16.2. The van der Waals surface area contributed by atoms with E-state index in [2.05, 4.69) is 4.74 Å². The Morgan fingerprint density at radius 1 is 1.19 bits per heavy atom. The molecule has 0 saturated carbocycles. The largest absolute Gasteiger partial charge is 0.459 e. The van der Waals surface area contributed by atoms with Crippen LogP contribution >= 0.6 is 15.9 Å². The average molecular weight is 442 g/mol. The van der Waals surface area contributed by atoms with E-state index in [1.54, 1.807) is 20.8 Å². The van der Waals surface area contributed by atoms with Crippen LogP contribution in [0.25, 0.3) is 0 Å². The lowest BCUT2D eigenvalue weighted by molar-refractivity contribution is -0.0835. The standard InChI is InChI=1S/C17H20BrF4NO3/c1-16(2,3)26-15(24)23-8-6-10(7-9-23)11-4-5-12(19)13(20)14(11)25-17(18,21)22/h4-5,10H,6-9H2,1-3H3. The molecule has 0 unspecified atom stereocenters. The first-order valence-corrected chi connectivity index (χ1v) is 8.88. The van der Waals surface area contributed by atoms with E-state index in [0.717, 1.165) is 6.07 Å². The number of carbonyl (C=O) groups excluding carboxylic acids is 1. The Morgan fingerprint density at radius 3 is 2.27 bits per heavy atom. The molecule has 1 aliphatic heterocycles. The van der Waals surface area contributed by atoms with Gasteiger partial charge in [-0.15, -0.1) is 0 Å². The van der Waals surface area contributed by atoms with Crippen LogP contribution in [0.3, 0.4) is 0 Å². The molecule has 1 fully saturated rings. The van der Waals surface area contributed by atoms with Crippen molar-refractivity contribution >= 4 is 22.0 Å². The van der Waals surface area contributed by atoms with Gasteiger partial charge < -0.3 is 14.4 Å². The fourth-order valence-corrected chi connectivity index (χ4v) is 2.95. The van der Waals surface area contributed by atoms with Crippen LogP contribution < -0.4 is 4.74 Å². The predicted octanol–water partition coefficient (Wildman–Crippen LogP) is 5.40. The smallest absolute Gasteiger partial charge is 0.444 e. The third-order valence-corrected chi connectivity index (χ3v) is 4.05. The number of piperidine rings is 1. The van der Waals surface area contributed by atoms with Gasteiger partial charge in [0.1, 0.15) is 5.60 Å². The van der Waals surface area contributed by atoms with Crippen molar-refractivity contribution in [2.75, 3.05) is 13.1 Å². The van der Waals surface area contributed by atoms with Gasteiger partial charge in [-0.25, -0.2) is 9.18 Å². The Morgan fingerprint density at radius 2 is 1.77 bits per heavy atom. The summed E-state index contributed by atoms with van der Waals surface area (Å²) in [5, 5.41) is -3.83. The molecule has 0 aromatic heterocycles. The van der Waals surface area contributed by atoms with Crippen molar-refractivity contribution in [3.63, 3.8) is 0 Å². The lowest BCUT2D eigenvalue weighted by Crippen LogP contribution is -2.41. The summed E-state index contributed by atoms with van der Waals surface area (Å²) in [6.45, 7) is 5.88. The van der Waals surface area contributed by atoms with E-state index in [4.69, 9.17) is 4.74 Å². The van der Waals surface area contributed by atoms with E-state index in [0.29, 0.717) is 25.9 Å². The summed E-state index contributed by atoms with van der Waals surface area (Å²) in [7, 11) is 0. The summed E-state index contributed by atoms with van der Waals surface area (Å²) in [5.41, 5.74) is -0.483. The number of alkyl halides is 3. The molecule has 26 heavy (non-hydrogen) atoms. The molecule has 0 atom stereocenters. The van der Waals surface area contributed by atoms with Crippen LogP contribution in [0.5, 0.6) is 5.75 Å². The molecule has 0 aliphatic carbocycles. The lowest BCUT2D eigenvalue weighted by Gasteiger charge is -2.34. The molecule has 1 amide bonds. The minimum absolute atomic E-state index is 0.145. The topological polar surface area (TPSA) is 38.8 Å². The molecular formula is C17H20BrF4NO3. The number of amides is 1. The van der Waals surface area contributed by atoms with Crippen molar-refractivity contribution in [1.29, 1.82) is 0 Å². The number of hydrogen-bond donors (Lipinski definition) is 0. The highest BCUT2D eigenvalue weighted by molar-refractivity contribution is 9.09. The number of likely N-dealkylation sites (tertiary alicyclic amines) is 1. The average Bonchev–Trinajstić information content (AvgIpc) is 2.49. The van der Waals surface area contributed by atoms with E-state index in [1.807, 2.05) is 15.9 Å². The summed E-state index contributed by atoms with van der Waals surface area (Å²) >= 11 is 1.97. The van der Waals surface area contributed by atoms with Gasteiger partial charge in [0.25, 0.3) is 0 Å². The van der Waals surface area contributed by atoms with Crippen molar-refractivity contribution in [3.05, 3.63) is 29.3 Å². The summed E-state index contributed by atoms with van der Waals surface area (Å²) in [4.78, 5) is 13.6. The molecule has 0 N–H and O–H groups in total. The second-order valence-corrected chi connectivity index (χ2v) is 7.99. The first-order chi connectivity index (χ1) is 11.9. The minimum Gasteiger partial charge on any atom is -0.444 e. The van der Waals surface area contributed by atoms with Crippen LogP contribution in [-0.2, 0) is 4.74 Å². The van der Waals surface area contributed by atoms with Crippen LogP contribution in [0.4, 0.5) is 22.4 Å². The third kappa shape index (κ3) is 5.49. The van der Waals surface area contributed by atoms with Gasteiger partial charge in [0.2, 0.25) is 5.82 Å². The fourth-order valence-electron chi connectivity index (χ4n) is 2.79. The number of rotatable bonds is 3. The quantitative estimate of drug-likeness (QED) is 0.465. The van der Waals surface area contributed by atoms with Gasteiger partial charge >= 0.3 is 11.1 Å². The van der Waals surface area contributed by atoms with Crippen LogP contribution in [0.2, 0.25) is 0 Å². The molecule has 2 rings (SSSR count). The van der Waals surface area contributed by atoms with Crippen LogP contribution in [-0.4, -0.2) is 34.7 Å². The lowest BCUT2D eigenvalue weighted by atomic mass is 9.88. The summed E-state index contributed by atoms with van der Waals surface area (Å²) in [5.74, 6) is -3.90. The molecule has 1 aromatic carbocycles. The fraction of sp³-hybridized carbons (Fsp3) is 0.588. The second-order valence-electron chi connectivity index (χ2n) is 7.07. The van der Waals surface area contributed by atoms with E-state index in [1.165, 1.54) is 11.0 Å². The zero-order chi connectivity index (χ0) is 19.7. The minimum atomic E-state index is -3.83. The molecule has 0 spiro atoms. The maximum Gasteiger partial charge on any atom is 0.459 e. The SMILES string of the molecule is CC(C)(C)OC(=O)N1CCC(c2ccc(F)c(F)c2OC(F)(F)Br)CC1. The van der Waals surface area contributed by atoms with Crippen molar-refractivity contribution < 1.29 is 31.8 Å². The molecule has 1 heterocycles. The van der Waals surface area contributed by atoms with Gasteiger partial charge in [0.05, 0.1) is 0 Å². The molecule has 1 aromatic rings. The maximum absolute atomic E-state index is 14.0. The van der Waals surface area contributed by atoms with E-state index < -0.39 is 34.1 Å². The number of halogens is 5. The van der Waals surface area contributed by atoms with Gasteiger partial charge in [0, 0.05) is 34.6 Å². The summed E-state index contributed by atoms with van der Waals surface area (Å²) in [6, 6.07) is 2.12. The highest BCUT2D eigenvalue weighted by atomic mass is 79.9. The van der Waals surface area contributed by atoms with Crippen LogP contribution in [0, 0.1) is 11.6 Å². The number of benzene rings is 1. The normalized spacial score (nSPS) is 16.5. The number of hydrogen-bond acceptors (Lipinski definition) is 3. The van der Waals surface area contributed by atoms with Crippen molar-refractivity contribution in [3.8, 4) is 5.75 Å². The van der Waals surface area contributed by atoms with Gasteiger partial charge in [-0.1, -0.05) is 6.07 Å². The van der Waals surface area contributed by atoms with Crippen molar-refractivity contribution in [2.24, 2.45) is 0 Å². The molecule has 1 saturated heterocycles. The molecule has 9 heteroatoms. The highest BCUT2D eigenvalue weighted by Gasteiger charge is 2.34. The van der Waals surface area contributed by atoms with Gasteiger partial charge in [0.15, 0.2) is 11.6 Å². The van der Waals surface area contributed by atoms with Crippen molar-refractivity contribution in [1.82, 2.24) is 4.90 Å². The molecule has 1 aliphatic rings.